The minimum atomic E-state index is -0.157. The second kappa shape index (κ2) is 3.94. The average Bonchev–Trinajstić information content (AvgIpc) is 2.80. The van der Waals surface area contributed by atoms with Gasteiger partial charge in [-0.05, 0) is 38.0 Å². The minimum absolute atomic E-state index is 0.157. The van der Waals surface area contributed by atoms with Gasteiger partial charge in [-0.25, -0.2) is 0 Å². The summed E-state index contributed by atoms with van der Waals surface area (Å²) in [7, 11) is 0. The van der Waals surface area contributed by atoms with Gasteiger partial charge in [0.2, 0.25) is 5.91 Å². The Morgan fingerprint density at radius 1 is 1.22 bits per heavy atom. The summed E-state index contributed by atoms with van der Waals surface area (Å²) in [5, 5.41) is 3.68. The Kier molecular flexibility index (Phi) is 2.46. The number of rotatable bonds is 2. The van der Waals surface area contributed by atoms with Crippen molar-refractivity contribution < 1.29 is 9.53 Å². The first kappa shape index (κ1) is 11.2. The van der Waals surface area contributed by atoms with Gasteiger partial charge in [-0.1, -0.05) is 12.8 Å². The Morgan fingerprint density at radius 3 is 2.61 bits per heavy atom. The number of nitrogens with one attached hydrogen (secondary N) is 1. The highest BCUT2D eigenvalue weighted by Gasteiger charge is 2.61. The van der Waals surface area contributed by atoms with E-state index in [2.05, 4.69) is 10.2 Å². The maximum Gasteiger partial charge on any atom is 0.244 e. The van der Waals surface area contributed by atoms with Gasteiger partial charge in [0.1, 0.15) is 0 Å². The number of carbonyl (C=O) groups excluding carboxylic acids is 1. The van der Waals surface area contributed by atoms with Gasteiger partial charge in [0.05, 0.1) is 24.4 Å². The number of hydrogen-bond donors (Lipinski definition) is 1. The third kappa shape index (κ3) is 1.55. The summed E-state index contributed by atoms with van der Waals surface area (Å²) in [4.78, 5) is 14.8. The van der Waals surface area contributed by atoms with Gasteiger partial charge >= 0.3 is 0 Å². The topological polar surface area (TPSA) is 41.6 Å². The summed E-state index contributed by atoms with van der Waals surface area (Å²) in [6.07, 6.45) is 8.63. The molecule has 2 aliphatic heterocycles. The van der Waals surface area contributed by atoms with E-state index in [9.17, 15) is 4.79 Å². The summed E-state index contributed by atoms with van der Waals surface area (Å²) in [5.41, 5.74) is -0.157. The van der Waals surface area contributed by atoms with E-state index in [1.165, 1.54) is 25.7 Å². The van der Waals surface area contributed by atoms with Crippen LogP contribution in [0.15, 0.2) is 0 Å². The summed E-state index contributed by atoms with van der Waals surface area (Å²) in [5.74, 6) is 1.05. The van der Waals surface area contributed by atoms with E-state index in [1.54, 1.807) is 0 Å². The molecule has 18 heavy (non-hydrogen) atoms. The van der Waals surface area contributed by atoms with Gasteiger partial charge in [-0.15, -0.1) is 0 Å². The highest BCUT2D eigenvalue weighted by atomic mass is 16.5. The molecule has 1 amide bonds. The van der Waals surface area contributed by atoms with Crippen LogP contribution in [0.2, 0.25) is 0 Å². The molecule has 2 saturated heterocycles. The minimum Gasteiger partial charge on any atom is -0.379 e. The van der Waals surface area contributed by atoms with Crippen molar-refractivity contribution in [3.63, 3.8) is 0 Å². The van der Waals surface area contributed by atoms with Crippen molar-refractivity contribution in [2.24, 2.45) is 5.92 Å². The predicted molar refractivity (Wildman–Crippen MR) is 66.9 cm³/mol. The van der Waals surface area contributed by atoms with Crippen LogP contribution in [0.25, 0.3) is 0 Å². The standard InChI is InChI=1S/C14H22N2O2/c17-13-14(6-7-14)15-12(10-3-1-2-4-10)16(13)11-5-8-18-9-11/h10-12,15H,1-9H2. The molecular weight excluding hydrogens is 228 g/mol. The highest BCUT2D eigenvalue weighted by Crippen LogP contribution is 2.46. The second-order valence-electron chi connectivity index (χ2n) is 6.45. The lowest BCUT2D eigenvalue weighted by Crippen LogP contribution is -2.48. The summed E-state index contributed by atoms with van der Waals surface area (Å²) >= 11 is 0. The summed E-state index contributed by atoms with van der Waals surface area (Å²) in [6, 6.07) is 0.329. The fraction of sp³-hybridized carbons (Fsp3) is 0.929. The van der Waals surface area contributed by atoms with Crippen LogP contribution in [-0.4, -0.2) is 41.8 Å². The zero-order chi connectivity index (χ0) is 12.2. The normalized spacial score (nSPS) is 39.1. The van der Waals surface area contributed by atoms with Crippen LogP contribution in [0, 0.1) is 5.92 Å². The lowest BCUT2D eigenvalue weighted by molar-refractivity contribution is -0.133. The zero-order valence-corrected chi connectivity index (χ0v) is 10.9. The van der Waals surface area contributed by atoms with E-state index >= 15 is 0 Å². The van der Waals surface area contributed by atoms with Crippen molar-refractivity contribution in [3.05, 3.63) is 0 Å². The molecule has 4 rings (SSSR count). The van der Waals surface area contributed by atoms with Crippen molar-refractivity contribution in [1.29, 1.82) is 0 Å². The molecule has 2 unspecified atom stereocenters. The van der Waals surface area contributed by atoms with Crippen molar-refractivity contribution in [2.75, 3.05) is 13.2 Å². The fourth-order valence-corrected chi connectivity index (χ4v) is 4.02. The number of ether oxygens (including phenoxy) is 1. The molecular formula is C14H22N2O2. The molecule has 0 radical (unpaired) electrons. The molecule has 2 aliphatic carbocycles. The quantitative estimate of drug-likeness (QED) is 0.802. The van der Waals surface area contributed by atoms with Crippen molar-refractivity contribution >= 4 is 5.91 Å². The Bertz CT molecular complexity index is 355. The largest absolute Gasteiger partial charge is 0.379 e. The van der Waals surface area contributed by atoms with Gasteiger partial charge in [-0.3, -0.25) is 10.1 Å². The number of hydrogen-bond acceptors (Lipinski definition) is 3. The van der Waals surface area contributed by atoms with Crippen LogP contribution in [0.4, 0.5) is 0 Å². The van der Waals surface area contributed by atoms with E-state index in [4.69, 9.17) is 4.74 Å². The Hall–Kier alpha value is -0.610. The highest BCUT2D eigenvalue weighted by molar-refractivity contribution is 5.92. The molecule has 0 bridgehead atoms. The molecule has 4 fully saturated rings. The number of amides is 1. The molecule has 4 nitrogen and oxygen atoms in total. The molecule has 0 aromatic rings. The number of nitrogens with zero attached hydrogens (tertiary/aromatic N) is 1. The van der Waals surface area contributed by atoms with Crippen LogP contribution in [0.3, 0.4) is 0 Å². The molecule has 2 saturated carbocycles. The van der Waals surface area contributed by atoms with Crippen LogP contribution in [-0.2, 0) is 9.53 Å². The first-order valence-electron chi connectivity index (χ1n) is 7.48. The van der Waals surface area contributed by atoms with Crippen molar-refractivity contribution in [3.8, 4) is 0 Å². The molecule has 2 atom stereocenters. The van der Waals surface area contributed by atoms with Gasteiger partial charge in [0, 0.05) is 6.61 Å². The SMILES string of the molecule is O=C1N(C2CCOC2)C(C2CCCC2)NC12CC2. The third-order valence-electron chi connectivity index (χ3n) is 5.26. The lowest BCUT2D eigenvalue weighted by atomic mass is 10.0. The molecule has 1 spiro atoms. The second-order valence-corrected chi connectivity index (χ2v) is 6.45. The van der Waals surface area contributed by atoms with Gasteiger partial charge in [0.15, 0.2) is 0 Å². The maximum atomic E-state index is 12.7. The Balaban J connectivity index is 1.60. The van der Waals surface area contributed by atoms with Crippen LogP contribution in [0.5, 0.6) is 0 Å². The molecule has 0 aromatic heterocycles. The average molecular weight is 250 g/mol. The zero-order valence-electron chi connectivity index (χ0n) is 10.9. The summed E-state index contributed by atoms with van der Waals surface area (Å²) in [6.45, 7) is 1.56. The van der Waals surface area contributed by atoms with E-state index in [-0.39, 0.29) is 5.54 Å². The first-order valence-corrected chi connectivity index (χ1v) is 7.48. The molecule has 2 heterocycles. The lowest BCUT2D eigenvalue weighted by Gasteiger charge is -2.33. The number of carbonyl (C=O) groups is 1. The predicted octanol–water partition coefficient (Wildman–Crippen LogP) is 1.26. The monoisotopic (exact) mass is 250 g/mol. The van der Waals surface area contributed by atoms with Gasteiger partial charge < -0.3 is 9.64 Å². The first-order chi connectivity index (χ1) is 8.80. The van der Waals surface area contributed by atoms with E-state index in [0.717, 1.165) is 32.5 Å². The smallest absolute Gasteiger partial charge is 0.244 e. The molecule has 0 aromatic carbocycles. The molecule has 4 aliphatic rings. The van der Waals surface area contributed by atoms with E-state index in [0.29, 0.717) is 24.0 Å². The Morgan fingerprint density at radius 2 is 2.00 bits per heavy atom. The van der Waals surface area contributed by atoms with E-state index in [1.807, 2.05) is 0 Å². The molecule has 4 heteroatoms. The van der Waals surface area contributed by atoms with Crippen molar-refractivity contribution in [2.45, 2.75) is 62.7 Å². The molecule has 1 N–H and O–H groups in total. The van der Waals surface area contributed by atoms with Gasteiger partial charge in [0.25, 0.3) is 0 Å². The van der Waals surface area contributed by atoms with E-state index < -0.39 is 0 Å². The third-order valence-corrected chi connectivity index (χ3v) is 5.26. The fourth-order valence-electron chi connectivity index (χ4n) is 4.02. The van der Waals surface area contributed by atoms with Crippen LogP contribution >= 0.6 is 0 Å². The van der Waals surface area contributed by atoms with Gasteiger partial charge in [-0.2, -0.15) is 0 Å². The Labute approximate surface area is 108 Å². The van der Waals surface area contributed by atoms with Crippen molar-refractivity contribution in [1.82, 2.24) is 10.2 Å². The molecule has 100 valence electrons. The van der Waals surface area contributed by atoms with Crippen LogP contribution in [0.1, 0.15) is 44.9 Å². The summed E-state index contributed by atoms with van der Waals surface area (Å²) < 4.78 is 5.50. The van der Waals surface area contributed by atoms with Crippen LogP contribution < -0.4 is 5.32 Å². The maximum absolute atomic E-state index is 12.7.